The molecule has 0 aliphatic rings. The molecule has 0 N–H and O–H groups in total. The summed E-state index contributed by atoms with van der Waals surface area (Å²) in [5.41, 5.74) is 1.51. The Bertz CT molecular complexity index is 338. The van der Waals surface area contributed by atoms with Crippen LogP contribution in [0.2, 0.25) is 0 Å². The maximum Gasteiger partial charge on any atom is 0.127 e. The standard InChI is InChI=1S/C11H12FN/c1-3-9(7-13)10-6-8(2)4-5-11(10)12/h4-6,9H,3H2,1-2H3. The normalized spacial score (nSPS) is 12.2. The minimum Gasteiger partial charge on any atom is -0.207 e. The first kappa shape index (κ1) is 9.73. The van der Waals surface area contributed by atoms with Gasteiger partial charge in [0.1, 0.15) is 5.82 Å². The van der Waals surface area contributed by atoms with Gasteiger partial charge < -0.3 is 0 Å². The smallest absolute Gasteiger partial charge is 0.127 e. The molecular formula is C11H12FN. The SMILES string of the molecule is CCC(C#N)c1cc(C)ccc1F. The van der Waals surface area contributed by atoms with Gasteiger partial charge in [0.2, 0.25) is 0 Å². The molecule has 68 valence electrons. The lowest BCUT2D eigenvalue weighted by molar-refractivity contribution is 0.597. The Morgan fingerprint density at radius 2 is 2.23 bits per heavy atom. The van der Waals surface area contributed by atoms with E-state index >= 15 is 0 Å². The first-order chi connectivity index (χ1) is 6.19. The number of nitrogens with zero attached hydrogens (tertiary/aromatic N) is 1. The first-order valence-electron chi connectivity index (χ1n) is 4.34. The topological polar surface area (TPSA) is 23.8 Å². The molecule has 1 unspecified atom stereocenters. The number of rotatable bonds is 2. The Hall–Kier alpha value is -1.36. The zero-order valence-electron chi connectivity index (χ0n) is 7.84. The molecule has 0 aliphatic carbocycles. The molecule has 0 aliphatic heterocycles. The van der Waals surface area contributed by atoms with E-state index in [-0.39, 0.29) is 11.7 Å². The fourth-order valence-electron chi connectivity index (χ4n) is 1.31. The summed E-state index contributed by atoms with van der Waals surface area (Å²) in [7, 11) is 0. The fourth-order valence-corrected chi connectivity index (χ4v) is 1.31. The van der Waals surface area contributed by atoms with Crippen LogP contribution in [-0.2, 0) is 0 Å². The maximum absolute atomic E-state index is 13.2. The quantitative estimate of drug-likeness (QED) is 0.680. The van der Waals surface area contributed by atoms with Crippen molar-refractivity contribution in [1.82, 2.24) is 0 Å². The summed E-state index contributed by atoms with van der Waals surface area (Å²) in [5, 5.41) is 8.78. The molecule has 1 nitrogen and oxygen atoms in total. The highest BCUT2D eigenvalue weighted by Crippen LogP contribution is 2.22. The number of benzene rings is 1. The third-order valence-corrected chi connectivity index (χ3v) is 2.09. The highest BCUT2D eigenvalue weighted by molar-refractivity contribution is 5.30. The van der Waals surface area contributed by atoms with Gasteiger partial charge in [-0.25, -0.2) is 4.39 Å². The number of aryl methyl sites for hydroxylation is 1. The minimum atomic E-state index is -0.320. The summed E-state index contributed by atoms with van der Waals surface area (Å²) in [6, 6.07) is 6.97. The van der Waals surface area contributed by atoms with Gasteiger partial charge in [0, 0.05) is 5.56 Å². The summed E-state index contributed by atoms with van der Waals surface area (Å²) in [6.07, 6.45) is 0.650. The van der Waals surface area contributed by atoms with Crippen LogP contribution in [-0.4, -0.2) is 0 Å². The minimum absolute atomic E-state index is 0.279. The van der Waals surface area contributed by atoms with Gasteiger partial charge in [-0.2, -0.15) is 5.26 Å². The van der Waals surface area contributed by atoms with E-state index < -0.39 is 0 Å². The molecule has 0 saturated carbocycles. The summed E-state index contributed by atoms with van der Waals surface area (Å²) in [5.74, 6) is -0.598. The van der Waals surface area contributed by atoms with Gasteiger partial charge in [0.25, 0.3) is 0 Å². The molecule has 0 aromatic heterocycles. The van der Waals surface area contributed by atoms with Crippen LogP contribution in [0, 0.1) is 24.1 Å². The van der Waals surface area contributed by atoms with E-state index in [1.165, 1.54) is 6.07 Å². The Morgan fingerprint density at radius 1 is 1.54 bits per heavy atom. The number of nitriles is 1. The largest absolute Gasteiger partial charge is 0.207 e. The Kier molecular flexibility index (Phi) is 3.02. The van der Waals surface area contributed by atoms with Gasteiger partial charge in [0.05, 0.1) is 12.0 Å². The maximum atomic E-state index is 13.2. The van der Waals surface area contributed by atoms with Crippen molar-refractivity contribution in [2.45, 2.75) is 26.2 Å². The number of hydrogen-bond donors (Lipinski definition) is 0. The summed E-state index contributed by atoms with van der Waals surface area (Å²) in [6.45, 7) is 3.78. The zero-order chi connectivity index (χ0) is 9.84. The van der Waals surface area contributed by atoms with E-state index in [0.29, 0.717) is 12.0 Å². The molecule has 0 saturated heterocycles. The predicted molar refractivity (Wildman–Crippen MR) is 49.8 cm³/mol. The van der Waals surface area contributed by atoms with Crippen LogP contribution < -0.4 is 0 Å². The summed E-state index contributed by atoms with van der Waals surface area (Å²) in [4.78, 5) is 0. The monoisotopic (exact) mass is 177 g/mol. The second-order valence-corrected chi connectivity index (χ2v) is 3.11. The van der Waals surface area contributed by atoms with E-state index in [1.54, 1.807) is 12.1 Å². The van der Waals surface area contributed by atoms with Crippen LogP contribution in [0.5, 0.6) is 0 Å². The van der Waals surface area contributed by atoms with Crippen molar-refractivity contribution in [2.75, 3.05) is 0 Å². The average Bonchev–Trinajstić information content (AvgIpc) is 2.13. The Morgan fingerprint density at radius 3 is 2.77 bits per heavy atom. The number of hydrogen-bond acceptors (Lipinski definition) is 1. The van der Waals surface area contributed by atoms with Crippen LogP contribution in [0.3, 0.4) is 0 Å². The molecular weight excluding hydrogens is 165 g/mol. The van der Waals surface area contributed by atoms with Crippen molar-refractivity contribution in [1.29, 1.82) is 5.26 Å². The van der Waals surface area contributed by atoms with Crippen molar-refractivity contribution >= 4 is 0 Å². The van der Waals surface area contributed by atoms with E-state index in [9.17, 15) is 4.39 Å². The van der Waals surface area contributed by atoms with Crippen molar-refractivity contribution < 1.29 is 4.39 Å². The van der Waals surface area contributed by atoms with Crippen molar-refractivity contribution in [3.63, 3.8) is 0 Å². The second kappa shape index (κ2) is 4.04. The lowest BCUT2D eigenvalue weighted by Crippen LogP contribution is -1.98. The van der Waals surface area contributed by atoms with E-state index in [2.05, 4.69) is 6.07 Å². The van der Waals surface area contributed by atoms with Gasteiger partial charge >= 0.3 is 0 Å². The molecule has 0 spiro atoms. The molecule has 1 rings (SSSR count). The van der Waals surface area contributed by atoms with Crippen LogP contribution in [0.1, 0.15) is 30.4 Å². The first-order valence-corrected chi connectivity index (χ1v) is 4.34. The third kappa shape index (κ3) is 2.06. The zero-order valence-corrected chi connectivity index (χ0v) is 7.84. The lowest BCUT2D eigenvalue weighted by Gasteiger charge is -2.08. The lowest BCUT2D eigenvalue weighted by atomic mass is 9.96. The molecule has 0 amide bonds. The molecule has 0 radical (unpaired) electrons. The molecule has 2 heteroatoms. The highest BCUT2D eigenvalue weighted by atomic mass is 19.1. The van der Waals surface area contributed by atoms with Gasteiger partial charge in [-0.15, -0.1) is 0 Å². The molecule has 1 atom stereocenters. The van der Waals surface area contributed by atoms with Gasteiger partial charge in [0.15, 0.2) is 0 Å². The molecule has 0 fully saturated rings. The summed E-state index contributed by atoms with van der Waals surface area (Å²) >= 11 is 0. The molecule has 0 bridgehead atoms. The highest BCUT2D eigenvalue weighted by Gasteiger charge is 2.12. The molecule has 1 aromatic rings. The van der Waals surface area contributed by atoms with Gasteiger partial charge in [-0.1, -0.05) is 24.6 Å². The third-order valence-electron chi connectivity index (χ3n) is 2.09. The van der Waals surface area contributed by atoms with Crippen LogP contribution >= 0.6 is 0 Å². The van der Waals surface area contributed by atoms with E-state index in [1.807, 2.05) is 13.8 Å². The van der Waals surface area contributed by atoms with Gasteiger partial charge in [-0.3, -0.25) is 0 Å². The molecule has 13 heavy (non-hydrogen) atoms. The number of halogens is 1. The Labute approximate surface area is 77.8 Å². The van der Waals surface area contributed by atoms with E-state index in [0.717, 1.165) is 5.56 Å². The predicted octanol–water partition coefficient (Wildman–Crippen LogP) is 3.15. The Balaban J connectivity index is 3.13. The van der Waals surface area contributed by atoms with Crippen LogP contribution in [0.25, 0.3) is 0 Å². The summed E-state index contributed by atoms with van der Waals surface area (Å²) < 4.78 is 13.2. The molecule has 0 heterocycles. The van der Waals surface area contributed by atoms with Crippen molar-refractivity contribution in [3.05, 3.63) is 35.1 Å². The van der Waals surface area contributed by atoms with E-state index in [4.69, 9.17) is 5.26 Å². The van der Waals surface area contributed by atoms with Crippen molar-refractivity contribution in [2.24, 2.45) is 0 Å². The molecule has 1 aromatic carbocycles. The van der Waals surface area contributed by atoms with Crippen molar-refractivity contribution in [3.8, 4) is 6.07 Å². The average molecular weight is 177 g/mol. The van der Waals surface area contributed by atoms with Crippen LogP contribution in [0.15, 0.2) is 18.2 Å². The fraction of sp³-hybridized carbons (Fsp3) is 0.364. The van der Waals surface area contributed by atoms with Crippen LogP contribution in [0.4, 0.5) is 4.39 Å². The van der Waals surface area contributed by atoms with Gasteiger partial charge in [-0.05, 0) is 19.4 Å². The second-order valence-electron chi connectivity index (χ2n) is 3.11.